The fourth-order valence-electron chi connectivity index (χ4n) is 2.74. The molecule has 1 amide bonds. The Balaban J connectivity index is 1.46. The SMILES string of the molecule is O=C(Cc1csc(-c2cccc(F)c2)n1)Nc1ccccc1Oc1ncc(Cl)cc1Cl. The van der Waals surface area contributed by atoms with E-state index in [1.54, 1.807) is 41.8 Å². The van der Waals surface area contributed by atoms with Crippen LogP contribution in [0.2, 0.25) is 10.0 Å². The molecule has 2 aromatic heterocycles. The summed E-state index contributed by atoms with van der Waals surface area (Å²) in [6.07, 6.45) is 1.47. The Bertz CT molecular complexity index is 1250. The number of ether oxygens (including phenoxy) is 1. The van der Waals surface area contributed by atoms with E-state index in [0.717, 1.165) is 0 Å². The predicted octanol–water partition coefficient (Wildman–Crippen LogP) is 6.62. The van der Waals surface area contributed by atoms with Crippen LogP contribution in [0.25, 0.3) is 10.6 Å². The van der Waals surface area contributed by atoms with Gasteiger partial charge in [0.15, 0.2) is 5.75 Å². The normalized spacial score (nSPS) is 10.7. The first-order chi connectivity index (χ1) is 15.0. The van der Waals surface area contributed by atoms with Crippen LogP contribution in [0.4, 0.5) is 10.1 Å². The van der Waals surface area contributed by atoms with Crippen LogP contribution in [0, 0.1) is 5.82 Å². The molecule has 0 unspecified atom stereocenters. The van der Waals surface area contributed by atoms with Gasteiger partial charge in [0.25, 0.3) is 0 Å². The van der Waals surface area contributed by atoms with E-state index in [2.05, 4.69) is 15.3 Å². The van der Waals surface area contributed by atoms with Crippen molar-refractivity contribution < 1.29 is 13.9 Å². The van der Waals surface area contributed by atoms with Crippen molar-refractivity contribution in [2.45, 2.75) is 6.42 Å². The van der Waals surface area contributed by atoms with Crippen LogP contribution >= 0.6 is 34.5 Å². The Labute approximate surface area is 191 Å². The lowest BCUT2D eigenvalue weighted by atomic mass is 10.2. The summed E-state index contributed by atoms with van der Waals surface area (Å²) in [5, 5.41) is 5.88. The minimum Gasteiger partial charge on any atom is -0.435 e. The van der Waals surface area contributed by atoms with Crippen LogP contribution in [0.5, 0.6) is 11.6 Å². The number of hydrogen-bond acceptors (Lipinski definition) is 5. The average molecular weight is 474 g/mol. The smallest absolute Gasteiger partial charge is 0.238 e. The molecular weight excluding hydrogens is 460 g/mol. The van der Waals surface area contributed by atoms with Crippen LogP contribution in [0.3, 0.4) is 0 Å². The minimum absolute atomic E-state index is 0.0557. The zero-order valence-electron chi connectivity index (χ0n) is 15.8. The van der Waals surface area contributed by atoms with Crippen molar-refractivity contribution in [3.63, 3.8) is 0 Å². The Hall–Kier alpha value is -3.00. The lowest BCUT2D eigenvalue weighted by Crippen LogP contribution is -2.15. The third-order valence-electron chi connectivity index (χ3n) is 4.11. The predicted molar refractivity (Wildman–Crippen MR) is 121 cm³/mol. The lowest BCUT2D eigenvalue weighted by molar-refractivity contribution is -0.115. The molecule has 0 saturated heterocycles. The van der Waals surface area contributed by atoms with Gasteiger partial charge in [-0.3, -0.25) is 4.79 Å². The molecule has 2 aromatic carbocycles. The molecule has 4 aromatic rings. The largest absolute Gasteiger partial charge is 0.435 e. The van der Waals surface area contributed by atoms with Crippen LogP contribution in [0.15, 0.2) is 66.2 Å². The van der Waals surface area contributed by atoms with Crippen molar-refractivity contribution in [2.24, 2.45) is 0 Å². The third-order valence-corrected chi connectivity index (χ3v) is 5.52. The van der Waals surface area contributed by atoms with Gasteiger partial charge >= 0.3 is 0 Å². The minimum atomic E-state index is -0.334. The second-order valence-corrected chi connectivity index (χ2v) is 8.12. The summed E-state index contributed by atoms with van der Waals surface area (Å²) >= 11 is 13.3. The topological polar surface area (TPSA) is 64.1 Å². The van der Waals surface area contributed by atoms with Gasteiger partial charge in [-0.05, 0) is 30.3 Å². The van der Waals surface area contributed by atoms with E-state index in [1.165, 1.54) is 35.7 Å². The first-order valence-electron chi connectivity index (χ1n) is 9.06. The van der Waals surface area contributed by atoms with Gasteiger partial charge in [-0.25, -0.2) is 14.4 Å². The number of halogens is 3. The number of thiazole rings is 1. The molecule has 0 saturated carbocycles. The van der Waals surface area contributed by atoms with Gasteiger partial charge in [0.1, 0.15) is 15.8 Å². The van der Waals surface area contributed by atoms with Crippen molar-refractivity contribution in [1.82, 2.24) is 9.97 Å². The number of carbonyl (C=O) groups is 1. The molecule has 0 radical (unpaired) electrons. The summed E-state index contributed by atoms with van der Waals surface area (Å²) in [5.41, 5.74) is 1.71. The molecule has 9 heteroatoms. The lowest BCUT2D eigenvalue weighted by Gasteiger charge is -2.12. The first kappa shape index (κ1) is 21.2. The van der Waals surface area contributed by atoms with Gasteiger partial charge in [0.2, 0.25) is 11.8 Å². The van der Waals surface area contributed by atoms with Crippen LogP contribution in [0.1, 0.15) is 5.69 Å². The fraction of sp³-hybridized carbons (Fsp3) is 0.0455. The molecule has 0 atom stereocenters. The Kier molecular flexibility index (Phi) is 6.46. The summed E-state index contributed by atoms with van der Waals surface area (Å²) in [6, 6.07) is 14.6. The zero-order valence-corrected chi connectivity index (χ0v) is 18.1. The summed E-state index contributed by atoms with van der Waals surface area (Å²) in [6.45, 7) is 0. The highest BCUT2D eigenvalue weighted by atomic mass is 35.5. The van der Waals surface area contributed by atoms with Gasteiger partial charge < -0.3 is 10.1 Å². The van der Waals surface area contributed by atoms with Gasteiger partial charge in [-0.1, -0.05) is 47.5 Å². The van der Waals surface area contributed by atoms with E-state index in [1.807, 2.05) is 0 Å². The van der Waals surface area contributed by atoms with Crippen LogP contribution in [-0.4, -0.2) is 15.9 Å². The molecule has 4 rings (SSSR count). The number of para-hydroxylation sites is 2. The van der Waals surface area contributed by atoms with Crippen molar-refractivity contribution in [3.05, 3.63) is 87.7 Å². The first-order valence-corrected chi connectivity index (χ1v) is 10.7. The van der Waals surface area contributed by atoms with E-state index >= 15 is 0 Å². The standard InChI is InChI=1S/C22H14Cl2FN3O2S/c23-14-9-17(24)21(26-11-14)30-19-7-2-1-6-18(19)28-20(29)10-16-12-31-22(27-16)13-4-3-5-15(25)8-13/h1-9,11-12H,10H2,(H,28,29). The number of aromatic nitrogens is 2. The number of benzene rings is 2. The van der Waals surface area contributed by atoms with Crippen molar-refractivity contribution in [3.8, 4) is 22.2 Å². The maximum absolute atomic E-state index is 13.4. The number of pyridine rings is 1. The molecule has 0 aliphatic rings. The second-order valence-electron chi connectivity index (χ2n) is 6.42. The van der Waals surface area contributed by atoms with Crippen LogP contribution < -0.4 is 10.1 Å². The van der Waals surface area contributed by atoms with E-state index in [9.17, 15) is 9.18 Å². The van der Waals surface area contributed by atoms with Crippen molar-refractivity contribution in [1.29, 1.82) is 0 Å². The van der Waals surface area contributed by atoms with Crippen LogP contribution in [-0.2, 0) is 11.2 Å². The molecule has 0 aliphatic carbocycles. The monoisotopic (exact) mass is 473 g/mol. The second kappa shape index (κ2) is 9.43. The van der Waals surface area contributed by atoms with E-state index < -0.39 is 0 Å². The molecule has 0 spiro atoms. The number of hydrogen-bond donors (Lipinski definition) is 1. The fourth-order valence-corrected chi connectivity index (χ4v) is 3.98. The number of rotatable bonds is 6. The molecule has 5 nitrogen and oxygen atoms in total. The van der Waals surface area contributed by atoms with Gasteiger partial charge in [0, 0.05) is 17.1 Å². The zero-order chi connectivity index (χ0) is 21.8. The Morgan fingerprint density at radius 2 is 1.97 bits per heavy atom. The number of nitrogens with zero attached hydrogens (tertiary/aromatic N) is 2. The van der Waals surface area contributed by atoms with Gasteiger partial charge in [0.05, 0.1) is 22.8 Å². The van der Waals surface area contributed by atoms with E-state index in [4.69, 9.17) is 27.9 Å². The molecule has 156 valence electrons. The summed E-state index contributed by atoms with van der Waals surface area (Å²) in [7, 11) is 0. The number of anilines is 1. The maximum atomic E-state index is 13.4. The maximum Gasteiger partial charge on any atom is 0.238 e. The summed E-state index contributed by atoms with van der Waals surface area (Å²) in [5.74, 6) is -0.0560. The van der Waals surface area contributed by atoms with E-state index in [0.29, 0.717) is 32.7 Å². The van der Waals surface area contributed by atoms with Gasteiger partial charge in [-0.2, -0.15) is 0 Å². The molecule has 0 bridgehead atoms. The molecule has 1 N–H and O–H groups in total. The van der Waals surface area contributed by atoms with Gasteiger partial charge in [-0.15, -0.1) is 11.3 Å². The third kappa shape index (κ3) is 5.38. The quantitative estimate of drug-likeness (QED) is 0.341. The highest BCUT2D eigenvalue weighted by Crippen LogP contribution is 2.33. The summed E-state index contributed by atoms with van der Waals surface area (Å²) in [4.78, 5) is 21.1. The van der Waals surface area contributed by atoms with Crippen molar-refractivity contribution in [2.75, 3.05) is 5.32 Å². The van der Waals surface area contributed by atoms with Crippen molar-refractivity contribution >= 4 is 46.1 Å². The number of nitrogens with one attached hydrogen (secondary N) is 1. The molecule has 2 heterocycles. The summed E-state index contributed by atoms with van der Waals surface area (Å²) < 4.78 is 19.2. The number of carbonyl (C=O) groups excluding carboxylic acids is 1. The Morgan fingerprint density at radius 1 is 1.13 bits per heavy atom. The average Bonchev–Trinajstić information content (AvgIpc) is 3.20. The highest BCUT2D eigenvalue weighted by molar-refractivity contribution is 7.13. The molecule has 31 heavy (non-hydrogen) atoms. The number of amides is 1. The Morgan fingerprint density at radius 3 is 2.77 bits per heavy atom. The molecular formula is C22H14Cl2FN3O2S. The molecule has 0 aliphatic heterocycles. The highest BCUT2D eigenvalue weighted by Gasteiger charge is 2.14. The molecule has 0 fully saturated rings. The van der Waals surface area contributed by atoms with E-state index in [-0.39, 0.29) is 29.0 Å².